The Hall–Kier alpha value is -0.840. The Labute approximate surface area is 140 Å². The molecule has 24 heavy (non-hydrogen) atoms. The molecule has 0 unspecified atom stereocenters. The van der Waals surface area contributed by atoms with Crippen molar-refractivity contribution in [3.8, 4) is 0 Å². The molecule has 0 aliphatic heterocycles. The second-order valence-corrected chi connectivity index (χ2v) is 7.97. The number of nitrogens with zero attached hydrogens (tertiary/aromatic N) is 1. The van der Waals surface area contributed by atoms with Gasteiger partial charge in [0.05, 0.1) is 0 Å². The molecule has 1 aromatic heterocycles. The first-order valence-electron chi connectivity index (χ1n) is 8.30. The SMILES string of the molecule is CCCCCCCCCC[n+]1cccc(C)c1.F[P-](F)(F)(F)(F)F. The molecule has 1 nitrogen and oxygen atoms in total. The van der Waals surface area contributed by atoms with Crippen LogP contribution in [0.4, 0.5) is 25.2 Å². The van der Waals surface area contributed by atoms with E-state index in [2.05, 4.69) is 42.9 Å². The molecule has 1 rings (SSSR count). The molecule has 0 amide bonds. The van der Waals surface area contributed by atoms with E-state index in [0.717, 1.165) is 0 Å². The third-order valence-corrected chi connectivity index (χ3v) is 3.28. The predicted molar refractivity (Wildman–Crippen MR) is 87.6 cm³/mol. The van der Waals surface area contributed by atoms with Gasteiger partial charge in [-0.05, 0) is 19.4 Å². The van der Waals surface area contributed by atoms with E-state index < -0.39 is 7.81 Å². The first-order chi connectivity index (χ1) is 10.8. The van der Waals surface area contributed by atoms with Crippen LogP contribution in [0.2, 0.25) is 0 Å². The number of halogens is 6. The van der Waals surface area contributed by atoms with Crippen LogP contribution in [-0.4, -0.2) is 0 Å². The van der Waals surface area contributed by atoms with Gasteiger partial charge < -0.3 is 0 Å². The van der Waals surface area contributed by atoms with Gasteiger partial charge in [0, 0.05) is 18.1 Å². The second kappa shape index (κ2) is 9.02. The summed E-state index contributed by atoms with van der Waals surface area (Å²) in [5.41, 5.74) is 1.35. The van der Waals surface area contributed by atoms with Crippen molar-refractivity contribution in [2.45, 2.75) is 71.8 Å². The molecule has 1 heterocycles. The standard InChI is InChI=1S/C16H28N.F6P/c1-3-4-5-6-7-8-9-10-13-17-14-11-12-16(2)15-17;1-7(2,3,4,5)6/h11-12,14-15H,3-10,13H2,1-2H3;/q+1;-1. The van der Waals surface area contributed by atoms with Gasteiger partial charge in [0.2, 0.25) is 0 Å². The van der Waals surface area contributed by atoms with Crippen LogP contribution in [0.3, 0.4) is 0 Å². The van der Waals surface area contributed by atoms with E-state index in [0.29, 0.717) is 0 Å². The summed E-state index contributed by atoms with van der Waals surface area (Å²) in [7, 11) is -10.7. The first kappa shape index (κ1) is 23.2. The fourth-order valence-corrected chi connectivity index (χ4v) is 2.22. The van der Waals surface area contributed by atoms with Gasteiger partial charge in [0.15, 0.2) is 12.4 Å². The Morgan fingerprint density at radius 1 is 0.833 bits per heavy atom. The van der Waals surface area contributed by atoms with Crippen LogP contribution >= 0.6 is 7.81 Å². The minimum absolute atomic E-state index is 1.18. The van der Waals surface area contributed by atoms with E-state index in [-0.39, 0.29) is 0 Å². The fourth-order valence-electron chi connectivity index (χ4n) is 2.22. The molecule has 0 fully saturated rings. The topological polar surface area (TPSA) is 3.88 Å². The van der Waals surface area contributed by atoms with Gasteiger partial charge in [0.25, 0.3) is 0 Å². The zero-order valence-electron chi connectivity index (χ0n) is 14.3. The van der Waals surface area contributed by atoms with Crippen molar-refractivity contribution in [2.24, 2.45) is 0 Å². The molecule has 0 aliphatic rings. The van der Waals surface area contributed by atoms with Crippen molar-refractivity contribution in [3.05, 3.63) is 30.1 Å². The predicted octanol–water partition coefficient (Wildman–Crippen LogP) is 7.81. The zero-order valence-corrected chi connectivity index (χ0v) is 15.2. The molecule has 0 bridgehead atoms. The van der Waals surface area contributed by atoms with E-state index in [9.17, 15) is 25.2 Å². The molecular formula is C16H28F6NP. The summed E-state index contributed by atoms with van der Waals surface area (Å²) in [6.45, 7) is 5.61. The number of pyridine rings is 1. The number of aryl methyl sites for hydroxylation is 2. The Morgan fingerprint density at radius 2 is 1.29 bits per heavy atom. The number of hydrogen-bond donors (Lipinski definition) is 0. The summed E-state index contributed by atoms with van der Waals surface area (Å²) in [4.78, 5) is 0. The first-order valence-corrected chi connectivity index (χ1v) is 10.3. The zero-order chi connectivity index (χ0) is 18.8. The number of hydrogen-bond acceptors (Lipinski definition) is 0. The van der Waals surface area contributed by atoms with E-state index in [4.69, 9.17) is 0 Å². The molecule has 0 radical (unpaired) electrons. The Morgan fingerprint density at radius 3 is 1.75 bits per heavy atom. The van der Waals surface area contributed by atoms with Crippen molar-refractivity contribution in [1.29, 1.82) is 0 Å². The summed E-state index contributed by atoms with van der Waals surface area (Å²) in [6, 6.07) is 4.30. The maximum absolute atomic E-state index is 10.7. The van der Waals surface area contributed by atoms with Crippen LogP contribution in [-0.2, 0) is 6.54 Å². The van der Waals surface area contributed by atoms with Crippen LogP contribution in [0.15, 0.2) is 24.5 Å². The van der Waals surface area contributed by atoms with Crippen LogP contribution in [0.1, 0.15) is 63.9 Å². The molecule has 0 atom stereocenters. The van der Waals surface area contributed by atoms with Crippen LogP contribution < -0.4 is 4.57 Å². The molecule has 0 saturated carbocycles. The maximum atomic E-state index is 9.87. The average Bonchev–Trinajstić information content (AvgIpc) is 2.38. The van der Waals surface area contributed by atoms with Crippen LogP contribution in [0.5, 0.6) is 0 Å². The molecule has 144 valence electrons. The normalized spacial score (nSPS) is 14.3. The van der Waals surface area contributed by atoms with Crippen molar-refractivity contribution >= 4 is 7.81 Å². The van der Waals surface area contributed by atoms with Gasteiger partial charge in [-0.15, -0.1) is 0 Å². The Bertz CT molecular complexity index is 460. The monoisotopic (exact) mass is 379 g/mol. The van der Waals surface area contributed by atoms with E-state index >= 15 is 0 Å². The summed E-state index contributed by atoms with van der Waals surface area (Å²) in [5, 5.41) is 0. The van der Waals surface area contributed by atoms with Gasteiger partial charge in [-0.25, -0.2) is 4.57 Å². The number of rotatable bonds is 9. The average molecular weight is 379 g/mol. The van der Waals surface area contributed by atoms with Crippen LogP contribution in [0.25, 0.3) is 0 Å². The quantitative estimate of drug-likeness (QED) is 0.178. The molecule has 8 heteroatoms. The van der Waals surface area contributed by atoms with Gasteiger partial charge in [-0.3, -0.25) is 0 Å². The van der Waals surface area contributed by atoms with E-state index in [1.54, 1.807) is 0 Å². The summed E-state index contributed by atoms with van der Waals surface area (Å²) in [5.74, 6) is 0. The summed E-state index contributed by atoms with van der Waals surface area (Å²) in [6.07, 6.45) is 15.6. The summed E-state index contributed by atoms with van der Waals surface area (Å²) >= 11 is 0. The second-order valence-electron chi connectivity index (χ2n) is 6.05. The molecule has 1 aromatic rings. The van der Waals surface area contributed by atoms with Gasteiger partial charge >= 0.3 is 33.0 Å². The number of unbranched alkanes of at least 4 members (excludes halogenated alkanes) is 7. The molecule has 0 spiro atoms. The third-order valence-electron chi connectivity index (χ3n) is 3.28. The third kappa shape index (κ3) is 23.4. The van der Waals surface area contributed by atoms with Gasteiger partial charge in [-0.1, -0.05) is 45.4 Å². The van der Waals surface area contributed by atoms with Crippen molar-refractivity contribution in [3.63, 3.8) is 0 Å². The molecular weight excluding hydrogens is 351 g/mol. The van der Waals surface area contributed by atoms with E-state index in [1.165, 1.54) is 63.5 Å². The Balaban J connectivity index is 0.000000640. The van der Waals surface area contributed by atoms with Crippen molar-refractivity contribution in [2.75, 3.05) is 0 Å². The minimum atomic E-state index is -10.7. The molecule has 0 aliphatic carbocycles. The van der Waals surface area contributed by atoms with Crippen molar-refractivity contribution in [1.82, 2.24) is 0 Å². The molecule has 0 saturated heterocycles. The number of aromatic nitrogens is 1. The van der Waals surface area contributed by atoms with Gasteiger partial charge in [0.1, 0.15) is 6.54 Å². The summed E-state index contributed by atoms with van der Waals surface area (Å²) < 4.78 is 61.5. The fraction of sp³-hybridized carbons (Fsp3) is 0.688. The van der Waals surface area contributed by atoms with Crippen LogP contribution in [0, 0.1) is 6.92 Å². The molecule has 0 N–H and O–H groups in total. The Kier molecular flexibility index (Phi) is 8.71. The van der Waals surface area contributed by atoms with Crippen molar-refractivity contribution < 1.29 is 29.7 Å². The van der Waals surface area contributed by atoms with E-state index in [1.807, 2.05) is 0 Å². The van der Waals surface area contributed by atoms with Gasteiger partial charge in [-0.2, -0.15) is 0 Å². The molecule has 0 aromatic carbocycles.